The normalized spacial score (nSPS) is 13.9. The number of rotatable bonds is 2. The number of hydrogen-bond acceptors (Lipinski definition) is 4. The second kappa shape index (κ2) is 6.34. The molecule has 1 aliphatic rings. The van der Waals surface area contributed by atoms with Crippen molar-refractivity contribution in [1.29, 1.82) is 0 Å². The average molecular weight is 371 g/mol. The quantitative estimate of drug-likeness (QED) is 0.542. The van der Waals surface area contributed by atoms with E-state index in [2.05, 4.69) is 27.7 Å². The molecule has 1 aliphatic heterocycles. The molecule has 6 nitrogen and oxygen atoms in total. The van der Waals surface area contributed by atoms with Gasteiger partial charge in [0.2, 0.25) is 5.91 Å². The summed E-state index contributed by atoms with van der Waals surface area (Å²) >= 11 is 0. The van der Waals surface area contributed by atoms with Crippen molar-refractivity contribution in [3.63, 3.8) is 0 Å². The highest BCUT2D eigenvalue weighted by Crippen LogP contribution is 2.31. The van der Waals surface area contributed by atoms with Crippen LogP contribution >= 0.6 is 0 Å². The fourth-order valence-corrected chi connectivity index (χ4v) is 3.90. The first-order valence-corrected chi connectivity index (χ1v) is 9.45. The van der Waals surface area contributed by atoms with Gasteiger partial charge in [0.05, 0.1) is 11.0 Å². The second-order valence-corrected chi connectivity index (χ2v) is 7.26. The van der Waals surface area contributed by atoms with Gasteiger partial charge in [0.25, 0.3) is 0 Å². The number of aromatic nitrogens is 3. The van der Waals surface area contributed by atoms with Crippen LogP contribution in [0.3, 0.4) is 0 Å². The maximum Gasteiger partial charge on any atom is 0.248 e. The number of carbonyl (C=O) groups is 1. The summed E-state index contributed by atoms with van der Waals surface area (Å²) in [7, 11) is 1.99. The zero-order chi connectivity index (χ0) is 19.3. The molecule has 0 saturated heterocycles. The Labute approximate surface area is 163 Å². The number of benzene rings is 2. The third kappa shape index (κ3) is 2.60. The van der Waals surface area contributed by atoms with Crippen molar-refractivity contribution >= 4 is 39.5 Å². The second-order valence-electron chi connectivity index (χ2n) is 7.26. The third-order valence-electron chi connectivity index (χ3n) is 5.42. The van der Waals surface area contributed by atoms with Crippen LogP contribution in [-0.2, 0) is 11.3 Å². The summed E-state index contributed by atoms with van der Waals surface area (Å²) in [5.41, 5.74) is 3.80. The molecule has 0 unspecified atom stereocenters. The standard InChI is InChI=1S/C22H21N5O/c1-15-13-16-7-3-6-10-19(16)27(15)14-20(28)26-12-11-25(2)21-22(26)24-18-9-5-4-8-17(18)23-21/h3-10,13H,11-12,14H2,1-2H3. The molecule has 0 saturated carbocycles. The molecular weight excluding hydrogens is 350 g/mol. The number of fused-ring (bicyclic) bond motifs is 3. The first kappa shape index (κ1) is 16.7. The number of hydrogen-bond donors (Lipinski definition) is 0. The van der Waals surface area contributed by atoms with Crippen LogP contribution in [0, 0.1) is 6.92 Å². The maximum absolute atomic E-state index is 13.3. The lowest BCUT2D eigenvalue weighted by Crippen LogP contribution is -2.45. The first-order valence-electron chi connectivity index (χ1n) is 9.45. The minimum absolute atomic E-state index is 0.0309. The molecule has 0 radical (unpaired) electrons. The summed E-state index contributed by atoms with van der Waals surface area (Å²) in [6.07, 6.45) is 0. The van der Waals surface area contributed by atoms with Crippen molar-refractivity contribution in [2.24, 2.45) is 0 Å². The number of amides is 1. The van der Waals surface area contributed by atoms with Gasteiger partial charge >= 0.3 is 0 Å². The summed E-state index contributed by atoms with van der Waals surface area (Å²) < 4.78 is 2.07. The number of nitrogens with zero attached hydrogens (tertiary/aromatic N) is 5. The Kier molecular flexibility index (Phi) is 3.79. The van der Waals surface area contributed by atoms with Crippen LogP contribution in [0.25, 0.3) is 21.9 Å². The highest BCUT2D eigenvalue weighted by molar-refractivity contribution is 5.98. The molecule has 28 heavy (non-hydrogen) atoms. The van der Waals surface area contributed by atoms with Crippen molar-refractivity contribution in [3.05, 3.63) is 60.3 Å². The predicted molar refractivity (Wildman–Crippen MR) is 112 cm³/mol. The lowest BCUT2D eigenvalue weighted by Gasteiger charge is -2.34. The van der Waals surface area contributed by atoms with Gasteiger partial charge in [0.15, 0.2) is 11.6 Å². The van der Waals surface area contributed by atoms with Crippen molar-refractivity contribution in [2.75, 3.05) is 29.9 Å². The Morgan fingerprint density at radius 3 is 2.43 bits per heavy atom. The van der Waals surface area contributed by atoms with Gasteiger partial charge in [-0.3, -0.25) is 9.69 Å². The van der Waals surface area contributed by atoms with E-state index in [9.17, 15) is 4.79 Å². The number of likely N-dealkylation sites (N-methyl/N-ethyl adjacent to an activating group) is 1. The number of para-hydroxylation sites is 3. The minimum Gasteiger partial charge on any atom is -0.355 e. The van der Waals surface area contributed by atoms with Crippen LogP contribution in [0.15, 0.2) is 54.6 Å². The molecule has 3 heterocycles. The topological polar surface area (TPSA) is 54.3 Å². The highest BCUT2D eigenvalue weighted by atomic mass is 16.2. The van der Waals surface area contributed by atoms with Crippen LogP contribution in [0.4, 0.5) is 11.6 Å². The molecule has 0 atom stereocenters. The number of anilines is 2. The molecule has 140 valence electrons. The van der Waals surface area contributed by atoms with E-state index in [0.717, 1.165) is 40.0 Å². The van der Waals surface area contributed by atoms with Gasteiger partial charge in [0, 0.05) is 31.3 Å². The van der Waals surface area contributed by atoms with Crippen LogP contribution < -0.4 is 9.80 Å². The summed E-state index contributed by atoms with van der Waals surface area (Å²) in [4.78, 5) is 26.7. The van der Waals surface area contributed by atoms with Gasteiger partial charge in [-0.15, -0.1) is 0 Å². The van der Waals surface area contributed by atoms with Crippen LogP contribution in [0.1, 0.15) is 5.69 Å². The molecule has 2 aromatic carbocycles. The van der Waals surface area contributed by atoms with E-state index in [4.69, 9.17) is 9.97 Å². The number of carbonyl (C=O) groups excluding carboxylic acids is 1. The Morgan fingerprint density at radius 2 is 1.64 bits per heavy atom. The highest BCUT2D eigenvalue weighted by Gasteiger charge is 2.29. The monoisotopic (exact) mass is 371 g/mol. The van der Waals surface area contributed by atoms with E-state index in [0.29, 0.717) is 12.4 Å². The molecular formula is C22H21N5O. The summed E-state index contributed by atoms with van der Waals surface area (Å²) in [6, 6.07) is 18.1. The van der Waals surface area contributed by atoms with E-state index >= 15 is 0 Å². The lowest BCUT2D eigenvalue weighted by atomic mass is 10.2. The van der Waals surface area contributed by atoms with Gasteiger partial charge in [-0.25, -0.2) is 9.97 Å². The Hall–Kier alpha value is -3.41. The summed E-state index contributed by atoms with van der Waals surface area (Å²) in [5, 5.41) is 1.15. The van der Waals surface area contributed by atoms with E-state index < -0.39 is 0 Å². The molecule has 4 aromatic rings. The average Bonchev–Trinajstić information content (AvgIpc) is 3.02. The zero-order valence-corrected chi connectivity index (χ0v) is 16.0. The fraction of sp³-hybridized carbons (Fsp3) is 0.227. The van der Waals surface area contributed by atoms with Gasteiger partial charge < -0.3 is 9.47 Å². The van der Waals surface area contributed by atoms with Crippen molar-refractivity contribution < 1.29 is 4.79 Å². The Balaban J connectivity index is 1.55. The van der Waals surface area contributed by atoms with Crippen molar-refractivity contribution in [2.45, 2.75) is 13.5 Å². The van der Waals surface area contributed by atoms with Gasteiger partial charge in [-0.1, -0.05) is 30.3 Å². The van der Waals surface area contributed by atoms with Gasteiger partial charge in [-0.05, 0) is 36.6 Å². The SMILES string of the molecule is Cc1cc2ccccc2n1CC(=O)N1CCN(C)c2nc3ccccc3nc21. The van der Waals surface area contributed by atoms with Crippen molar-refractivity contribution in [1.82, 2.24) is 14.5 Å². The Bertz CT molecular complexity index is 1210. The maximum atomic E-state index is 13.3. The van der Waals surface area contributed by atoms with Gasteiger partial charge in [0.1, 0.15) is 6.54 Å². The fourth-order valence-electron chi connectivity index (χ4n) is 3.90. The smallest absolute Gasteiger partial charge is 0.248 e. The number of aryl methyl sites for hydroxylation is 1. The van der Waals surface area contributed by atoms with E-state index in [1.165, 1.54) is 0 Å². The van der Waals surface area contributed by atoms with E-state index in [-0.39, 0.29) is 12.5 Å². The largest absolute Gasteiger partial charge is 0.355 e. The molecule has 0 spiro atoms. The molecule has 6 heteroatoms. The third-order valence-corrected chi connectivity index (χ3v) is 5.42. The molecule has 5 rings (SSSR count). The van der Waals surface area contributed by atoms with Crippen molar-refractivity contribution in [3.8, 4) is 0 Å². The molecule has 0 fully saturated rings. The zero-order valence-electron chi connectivity index (χ0n) is 16.0. The van der Waals surface area contributed by atoms with E-state index in [1.54, 1.807) is 4.90 Å². The van der Waals surface area contributed by atoms with Gasteiger partial charge in [-0.2, -0.15) is 0 Å². The minimum atomic E-state index is 0.0309. The van der Waals surface area contributed by atoms with Crippen LogP contribution in [0.5, 0.6) is 0 Å². The summed E-state index contributed by atoms with van der Waals surface area (Å²) in [5.74, 6) is 1.43. The molecule has 0 bridgehead atoms. The molecule has 0 N–H and O–H groups in total. The first-order chi connectivity index (χ1) is 13.6. The summed E-state index contributed by atoms with van der Waals surface area (Å²) in [6.45, 7) is 3.67. The molecule has 2 aromatic heterocycles. The lowest BCUT2D eigenvalue weighted by molar-refractivity contribution is -0.119. The molecule has 1 amide bonds. The van der Waals surface area contributed by atoms with Crippen LogP contribution in [0.2, 0.25) is 0 Å². The molecule has 0 aliphatic carbocycles. The van der Waals surface area contributed by atoms with E-state index in [1.807, 2.05) is 50.4 Å². The Morgan fingerprint density at radius 1 is 0.964 bits per heavy atom. The van der Waals surface area contributed by atoms with Crippen LogP contribution in [-0.4, -0.2) is 40.6 Å². The predicted octanol–water partition coefficient (Wildman–Crippen LogP) is 3.38.